The molecular weight excluding hydrogens is 286 g/mol. The number of nitrogens with one attached hydrogen (secondary N) is 2. The molecule has 0 spiro atoms. The summed E-state index contributed by atoms with van der Waals surface area (Å²) in [6.07, 6.45) is 4.43. The van der Waals surface area contributed by atoms with Gasteiger partial charge in [0.15, 0.2) is 0 Å². The van der Waals surface area contributed by atoms with E-state index in [1.165, 1.54) is 5.56 Å². The number of benzene rings is 1. The Bertz CT molecular complexity index is 584. The highest BCUT2D eigenvalue weighted by Gasteiger charge is 2.15. The molecule has 23 heavy (non-hydrogen) atoms. The maximum atomic E-state index is 12.0. The number of pyridine rings is 1. The Hall–Kier alpha value is -2.36. The highest BCUT2D eigenvalue weighted by Crippen LogP contribution is 2.16. The van der Waals surface area contributed by atoms with Crippen molar-refractivity contribution in [2.24, 2.45) is 11.8 Å². The van der Waals surface area contributed by atoms with Crippen molar-refractivity contribution in [3.05, 3.63) is 66.0 Å². The quantitative estimate of drug-likeness (QED) is 0.823. The second kappa shape index (κ2) is 8.93. The summed E-state index contributed by atoms with van der Waals surface area (Å²) >= 11 is 0. The molecule has 122 valence electrons. The van der Waals surface area contributed by atoms with Crippen LogP contribution in [0.3, 0.4) is 0 Å². The van der Waals surface area contributed by atoms with Gasteiger partial charge in [0.1, 0.15) is 0 Å². The molecule has 2 amide bonds. The molecule has 0 fully saturated rings. The molecule has 0 unspecified atom stereocenters. The van der Waals surface area contributed by atoms with Crippen LogP contribution >= 0.6 is 0 Å². The van der Waals surface area contributed by atoms with Gasteiger partial charge >= 0.3 is 6.03 Å². The predicted octanol–water partition coefficient (Wildman–Crippen LogP) is 3.40. The zero-order chi connectivity index (χ0) is 16.5. The van der Waals surface area contributed by atoms with Gasteiger partial charge in [0, 0.05) is 25.5 Å². The van der Waals surface area contributed by atoms with E-state index >= 15 is 0 Å². The monoisotopic (exact) mass is 311 g/mol. The highest BCUT2D eigenvalue weighted by molar-refractivity contribution is 5.73. The molecule has 0 aliphatic heterocycles. The number of carbonyl (C=O) groups is 1. The van der Waals surface area contributed by atoms with E-state index in [1.54, 1.807) is 12.4 Å². The summed E-state index contributed by atoms with van der Waals surface area (Å²) in [5.74, 6) is 0.930. The molecule has 0 aliphatic rings. The Morgan fingerprint density at radius 1 is 1.00 bits per heavy atom. The molecule has 1 aromatic carbocycles. The van der Waals surface area contributed by atoms with E-state index in [9.17, 15) is 4.79 Å². The Morgan fingerprint density at radius 2 is 1.70 bits per heavy atom. The number of amides is 2. The lowest BCUT2D eigenvalue weighted by molar-refractivity contribution is 0.236. The fourth-order valence-electron chi connectivity index (χ4n) is 2.43. The minimum Gasteiger partial charge on any atom is -0.338 e. The molecule has 4 nitrogen and oxygen atoms in total. The SMILES string of the molecule is CC(C)[C@@H](CNC(=O)NCc1ccncc1)Cc1ccccc1. The van der Waals surface area contributed by atoms with Crippen molar-refractivity contribution in [3.63, 3.8) is 0 Å². The second-order valence-electron chi connectivity index (χ2n) is 6.11. The van der Waals surface area contributed by atoms with Crippen LogP contribution < -0.4 is 10.6 Å². The van der Waals surface area contributed by atoms with Crippen LogP contribution in [0.15, 0.2) is 54.9 Å². The van der Waals surface area contributed by atoms with Crippen LogP contribution in [0.2, 0.25) is 0 Å². The van der Waals surface area contributed by atoms with Gasteiger partial charge in [-0.3, -0.25) is 4.98 Å². The van der Waals surface area contributed by atoms with Crippen molar-refractivity contribution in [1.82, 2.24) is 15.6 Å². The molecule has 2 N–H and O–H groups in total. The number of aromatic nitrogens is 1. The first-order chi connectivity index (χ1) is 11.1. The molecule has 1 aromatic heterocycles. The topological polar surface area (TPSA) is 54.0 Å². The third kappa shape index (κ3) is 6.10. The van der Waals surface area contributed by atoms with Crippen LogP contribution in [-0.4, -0.2) is 17.6 Å². The molecule has 2 rings (SSSR count). The van der Waals surface area contributed by atoms with Gasteiger partial charge in [-0.1, -0.05) is 44.2 Å². The largest absolute Gasteiger partial charge is 0.338 e. The van der Waals surface area contributed by atoms with Crippen molar-refractivity contribution >= 4 is 6.03 Å². The van der Waals surface area contributed by atoms with Crippen molar-refractivity contribution in [2.45, 2.75) is 26.8 Å². The molecule has 1 heterocycles. The summed E-state index contributed by atoms with van der Waals surface area (Å²) in [7, 11) is 0. The standard InChI is InChI=1S/C19H25N3O/c1-15(2)18(12-16-6-4-3-5-7-16)14-22-19(23)21-13-17-8-10-20-11-9-17/h3-11,15,18H,12-14H2,1-2H3,(H2,21,22,23)/t18-/m1/s1. The third-order valence-corrected chi connectivity index (χ3v) is 4.01. The van der Waals surface area contributed by atoms with Gasteiger partial charge in [0.25, 0.3) is 0 Å². The number of carbonyl (C=O) groups excluding carboxylic acids is 1. The van der Waals surface area contributed by atoms with Gasteiger partial charge in [-0.25, -0.2) is 4.79 Å². The summed E-state index contributed by atoms with van der Waals surface area (Å²) in [5.41, 5.74) is 2.35. The molecule has 0 saturated carbocycles. The van der Waals surface area contributed by atoms with E-state index in [0.29, 0.717) is 24.9 Å². The fourth-order valence-corrected chi connectivity index (χ4v) is 2.43. The molecule has 0 bridgehead atoms. The van der Waals surface area contributed by atoms with Crippen molar-refractivity contribution in [3.8, 4) is 0 Å². The fraction of sp³-hybridized carbons (Fsp3) is 0.368. The van der Waals surface area contributed by atoms with E-state index in [-0.39, 0.29) is 6.03 Å². The molecule has 0 aliphatic carbocycles. The maximum absolute atomic E-state index is 12.0. The first kappa shape index (κ1) is 17.0. The zero-order valence-electron chi connectivity index (χ0n) is 13.8. The normalized spacial score (nSPS) is 12.0. The number of urea groups is 1. The van der Waals surface area contributed by atoms with Gasteiger partial charge in [-0.05, 0) is 41.5 Å². The lowest BCUT2D eigenvalue weighted by atomic mass is 9.89. The summed E-state index contributed by atoms with van der Waals surface area (Å²) in [4.78, 5) is 15.9. The van der Waals surface area contributed by atoms with E-state index in [1.807, 2.05) is 18.2 Å². The number of nitrogens with zero attached hydrogens (tertiary/aromatic N) is 1. The molecule has 4 heteroatoms. The summed E-state index contributed by atoms with van der Waals surface area (Å²) < 4.78 is 0. The number of rotatable bonds is 7. The Labute approximate surface area is 138 Å². The van der Waals surface area contributed by atoms with E-state index in [4.69, 9.17) is 0 Å². The summed E-state index contributed by atoms with van der Waals surface area (Å²) in [6, 6.07) is 14.1. The predicted molar refractivity (Wildman–Crippen MR) is 92.9 cm³/mol. The molecule has 0 radical (unpaired) electrons. The van der Waals surface area contributed by atoms with Gasteiger partial charge < -0.3 is 10.6 Å². The Balaban J connectivity index is 1.78. The minimum absolute atomic E-state index is 0.125. The van der Waals surface area contributed by atoms with Crippen LogP contribution in [0.4, 0.5) is 4.79 Å². The Kier molecular flexibility index (Phi) is 6.60. The van der Waals surface area contributed by atoms with Crippen molar-refractivity contribution < 1.29 is 4.79 Å². The summed E-state index contributed by atoms with van der Waals surface area (Å²) in [6.45, 7) is 5.59. The molecule has 2 aromatic rings. The molecule has 1 atom stereocenters. The highest BCUT2D eigenvalue weighted by atomic mass is 16.2. The number of hydrogen-bond donors (Lipinski definition) is 2. The third-order valence-electron chi connectivity index (χ3n) is 4.01. The van der Waals surface area contributed by atoms with Gasteiger partial charge in [0.05, 0.1) is 0 Å². The number of hydrogen-bond acceptors (Lipinski definition) is 2. The van der Waals surface area contributed by atoms with Crippen LogP contribution in [0.1, 0.15) is 25.0 Å². The first-order valence-electron chi connectivity index (χ1n) is 8.09. The maximum Gasteiger partial charge on any atom is 0.315 e. The van der Waals surface area contributed by atoms with Gasteiger partial charge in [-0.15, -0.1) is 0 Å². The van der Waals surface area contributed by atoms with Crippen molar-refractivity contribution in [1.29, 1.82) is 0 Å². The van der Waals surface area contributed by atoms with E-state index in [2.05, 4.69) is 53.7 Å². The van der Waals surface area contributed by atoms with Crippen LogP contribution in [-0.2, 0) is 13.0 Å². The smallest absolute Gasteiger partial charge is 0.315 e. The first-order valence-corrected chi connectivity index (χ1v) is 8.09. The Morgan fingerprint density at radius 3 is 2.35 bits per heavy atom. The van der Waals surface area contributed by atoms with Gasteiger partial charge in [-0.2, -0.15) is 0 Å². The van der Waals surface area contributed by atoms with Gasteiger partial charge in [0.2, 0.25) is 0 Å². The zero-order valence-corrected chi connectivity index (χ0v) is 13.8. The lowest BCUT2D eigenvalue weighted by Gasteiger charge is -2.21. The van der Waals surface area contributed by atoms with Crippen LogP contribution in [0, 0.1) is 11.8 Å². The lowest BCUT2D eigenvalue weighted by Crippen LogP contribution is -2.39. The average molecular weight is 311 g/mol. The molecular formula is C19H25N3O. The van der Waals surface area contributed by atoms with Crippen LogP contribution in [0.25, 0.3) is 0 Å². The van der Waals surface area contributed by atoms with E-state index < -0.39 is 0 Å². The summed E-state index contributed by atoms with van der Waals surface area (Å²) in [5, 5.41) is 5.87. The van der Waals surface area contributed by atoms with Crippen LogP contribution in [0.5, 0.6) is 0 Å². The van der Waals surface area contributed by atoms with Crippen molar-refractivity contribution in [2.75, 3.05) is 6.54 Å². The average Bonchev–Trinajstić information content (AvgIpc) is 2.58. The van der Waals surface area contributed by atoms with E-state index in [0.717, 1.165) is 12.0 Å². The molecule has 0 saturated heterocycles. The second-order valence-corrected chi connectivity index (χ2v) is 6.11. The minimum atomic E-state index is -0.125.